The van der Waals surface area contributed by atoms with Gasteiger partial charge in [-0.1, -0.05) is 13.8 Å². The van der Waals surface area contributed by atoms with Crippen molar-refractivity contribution in [1.29, 1.82) is 0 Å². The second-order valence-electron chi connectivity index (χ2n) is 5.82. The summed E-state index contributed by atoms with van der Waals surface area (Å²) in [6.45, 7) is 7.56. The van der Waals surface area contributed by atoms with E-state index in [9.17, 15) is 4.79 Å². The third-order valence-corrected chi connectivity index (χ3v) is 3.66. The van der Waals surface area contributed by atoms with E-state index in [2.05, 4.69) is 25.5 Å². The quantitative estimate of drug-likeness (QED) is 0.891. The first-order valence-corrected chi connectivity index (χ1v) is 6.97. The minimum absolute atomic E-state index is 0.0798. The molecule has 0 aromatic carbocycles. The molecule has 5 heteroatoms. The normalized spacial score (nSPS) is 16.6. The summed E-state index contributed by atoms with van der Waals surface area (Å²) in [5.74, 6) is 1.65. The Labute approximate surface area is 114 Å². The number of hydrogen-bond donors (Lipinski definition) is 1. The molecule has 2 heterocycles. The highest BCUT2D eigenvalue weighted by Crippen LogP contribution is 2.23. The maximum atomic E-state index is 12.1. The number of imidazole rings is 1. The van der Waals surface area contributed by atoms with Gasteiger partial charge in [0.25, 0.3) is 0 Å². The van der Waals surface area contributed by atoms with Crippen LogP contribution in [-0.4, -0.2) is 32.9 Å². The Morgan fingerprint density at radius 1 is 1.42 bits per heavy atom. The van der Waals surface area contributed by atoms with Crippen LogP contribution in [0.25, 0.3) is 0 Å². The van der Waals surface area contributed by atoms with Gasteiger partial charge in [0, 0.05) is 44.1 Å². The molecular formula is C14H24N4O. The molecule has 1 aliphatic rings. The van der Waals surface area contributed by atoms with Crippen LogP contribution < -0.4 is 5.73 Å². The van der Waals surface area contributed by atoms with Crippen molar-refractivity contribution in [3.63, 3.8) is 0 Å². The predicted molar refractivity (Wildman–Crippen MR) is 74.7 cm³/mol. The number of hydrogen-bond acceptors (Lipinski definition) is 3. The van der Waals surface area contributed by atoms with Gasteiger partial charge in [0.05, 0.1) is 12.2 Å². The zero-order chi connectivity index (χ0) is 14.2. The van der Waals surface area contributed by atoms with Crippen molar-refractivity contribution >= 4 is 5.91 Å². The molecule has 2 N–H and O–H groups in total. The minimum atomic E-state index is -0.0798. The molecule has 1 amide bonds. The number of nitrogens with two attached hydrogens (primary N) is 1. The summed E-state index contributed by atoms with van der Waals surface area (Å²) >= 11 is 0. The Bertz CT molecular complexity index is 476. The SMILES string of the molecule is CC(N)CC(=O)N1CCc2c(nc(C(C)C)n2C)C1. The van der Waals surface area contributed by atoms with Crippen molar-refractivity contribution in [2.75, 3.05) is 6.54 Å². The van der Waals surface area contributed by atoms with Crippen molar-refractivity contribution in [2.24, 2.45) is 12.8 Å². The summed E-state index contributed by atoms with van der Waals surface area (Å²) in [7, 11) is 2.07. The van der Waals surface area contributed by atoms with E-state index in [1.165, 1.54) is 5.69 Å². The first kappa shape index (κ1) is 14.1. The number of rotatable bonds is 3. The van der Waals surface area contributed by atoms with Crippen LogP contribution in [0.1, 0.15) is 50.3 Å². The van der Waals surface area contributed by atoms with Crippen LogP contribution >= 0.6 is 0 Å². The van der Waals surface area contributed by atoms with E-state index in [0.717, 1.165) is 24.5 Å². The van der Waals surface area contributed by atoms with Crippen LogP contribution in [0.3, 0.4) is 0 Å². The maximum absolute atomic E-state index is 12.1. The molecule has 0 spiro atoms. The Morgan fingerprint density at radius 3 is 2.68 bits per heavy atom. The zero-order valence-corrected chi connectivity index (χ0v) is 12.3. The monoisotopic (exact) mass is 264 g/mol. The van der Waals surface area contributed by atoms with E-state index >= 15 is 0 Å². The number of carbonyl (C=O) groups excluding carboxylic acids is 1. The molecule has 0 fully saturated rings. The van der Waals surface area contributed by atoms with Crippen molar-refractivity contribution < 1.29 is 4.79 Å². The van der Waals surface area contributed by atoms with Crippen LogP contribution in [0.4, 0.5) is 0 Å². The fourth-order valence-electron chi connectivity index (χ4n) is 2.68. The van der Waals surface area contributed by atoms with Gasteiger partial charge in [-0.15, -0.1) is 0 Å². The van der Waals surface area contributed by atoms with Gasteiger partial charge in [-0.2, -0.15) is 0 Å². The molecule has 19 heavy (non-hydrogen) atoms. The Balaban J connectivity index is 2.16. The Morgan fingerprint density at radius 2 is 2.11 bits per heavy atom. The molecule has 106 valence electrons. The average Bonchev–Trinajstić information content (AvgIpc) is 2.65. The molecule has 1 unspecified atom stereocenters. The fourth-order valence-corrected chi connectivity index (χ4v) is 2.68. The molecule has 2 rings (SSSR count). The molecule has 1 aliphatic heterocycles. The van der Waals surface area contributed by atoms with E-state index in [4.69, 9.17) is 10.7 Å². The van der Waals surface area contributed by atoms with Gasteiger partial charge in [0.1, 0.15) is 5.82 Å². The van der Waals surface area contributed by atoms with Crippen molar-refractivity contribution in [3.05, 3.63) is 17.2 Å². The molecule has 0 bridgehead atoms. The highest BCUT2D eigenvalue weighted by molar-refractivity contribution is 5.77. The molecule has 0 radical (unpaired) electrons. The molecule has 0 saturated carbocycles. The number of nitrogens with zero attached hydrogens (tertiary/aromatic N) is 3. The fraction of sp³-hybridized carbons (Fsp3) is 0.714. The molecule has 0 aliphatic carbocycles. The van der Waals surface area contributed by atoms with Crippen molar-refractivity contribution in [3.8, 4) is 0 Å². The van der Waals surface area contributed by atoms with E-state index in [1.54, 1.807) is 0 Å². The zero-order valence-electron chi connectivity index (χ0n) is 12.3. The van der Waals surface area contributed by atoms with Gasteiger partial charge in [-0.25, -0.2) is 4.98 Å². The third kappa shape index (κ3) is 2.81. The molecule has 0 saturated heterocycles. The summed E-state index contributed by atoms with van der Waals surface area (Å²) in [5, 5.41) is 0. The largest absolute Gasteiger partial charge is 0.336 e. The number of aromatic nitrogens is 2. The lowest BCUT2D eigenvalue weighted by Crippen LogP contribution is -2.38. The summed E-state index contributed by atoms with van der Waals surface area (Å²) in [5.41, 5.74) is 8.02. The molecular weight excluding hydrogens is 240 g/mol. The van der Waals surface area contributed by atoms with Gasteiger partial charge >= 0.3 is 0 Å². The second-order valence-corrected chi connectivity index (χ2v) is 5.82. The second kappa shape index (κ2) is 5.33. The van der Waals surface area contributed by atoms with Crippen LogP contribution in [0, 0.1) is 0 Å². The molecule has 1 atom stereocenters. The smallest absolute Gasteiger partial charge is 0.224 e. The lowest BCUT2D eigenvalue weighted by atomic mass is 10.1. The Hall–Kier alpha value is -1.36. The van der Waals surface area contributed by atoms with Crippen LogP contribution in [0.15, 0.2) is 0 Å². The number of carbonyl (C=O) groups is 1. The first-order valence-electron chi connectivity index (χ1n) is 6.97. The van der Waals surface area contributed by atoms with Gasteiger partial charge in [-0.05, 0) is 6.92 Å². The van der Waals surface area contributed by atoms with Gasteiger partial charge < -0.3 is 15.2 Å². The van der Waals surface area contributed by atoms with E-state index < -0.39 is 0 Å². The Kier molecular flexibility index (Phi) is 3.94. The summed E-state index contributed by atoms with van der Waals surface area (Å²) in [6, 6.07) is -0.0798. The predicted octanol–water partition coefficient (Wildman–Crippen LogP) is 1.17. The average molecular weight is 264 g/mol. The first-order chi connectivity index (χ1) is 8.90. The van der Waals surface area contributed by atoms with Gasteiger partial charge in [0.15, 0.2) is 0 Å². The number of fused-ring (bicyclic) bond motifs is 1. The highest BCUT2D eigenvalue weighted by Gasteiger charge is 2.26. The van der Waals surface area contributed by atoms with E-state index in [1.807, 2.05) is 11.8 Å². The maximum Gasteiger partial charge on any atom is 0.224 e. The van der Waals surface area contributed by atoms with Crippen LogP contribution in [0.5, 0.6) is 0 Å². The molecule has 5 nitrogen and oxygen atoms in total. The van der Waals surface area contributed by atoms with E-state index in [0.29, 0.717) is 18.9 Å². The molecule has 1 aromatic heterocycles. The lowest BCUT2D eigenvalue weighted by molar-refractivity contribution is -0.132. The highest BCUT2D eigenvalue weighted by atomic mass is 16.2. The number of amides is 1. The summed E-state index contributed by atoms with van der Waals surface area (Å²) in [4.78, 5) is 18.6. The van der Waals surface area contributed by atoms with Gasteiger partial charge in [-0.3, -0.25) is 4.79 Å². The standard InChI is InChI=1S/C14H24N4O/c1-9(2)14-16-11-8-18(13(19)7-10(3)15)6-5-12(11)17(14)4/h9-10H,5-8,15H2,1-4H3. The minimum Gasteiger partial charge on any atom is -0.336 e. The van der Waals surface area contributed by atoms with Crippen molar-refractivity contribution in [1.82, 2.24) is 14.5 Å². The lowest BCUT2D eigenvalue weighted by Gasteiger charge is -2.27. The van der Waals surface area contributed by atoms with Gasteiger partial charge in [0.2, 0.25) is 5.91 Å². The summed E-state index contributed by atoms with van der Waals surface area (Å²) < 4.78 is 2.19. The summed E-state index contributed by atoms with van der Waals surface area (Å²) in [6.07, 6.45) is 1.30. The van der Waals surface area contributed by atoms with Crippen LogP contribution in [-0.2, 0) is 24.8 Å². The third-order valence-electron chi connectivity index (χ3n) is 3.66. The molecule has 1 aromatic rings. The van der Waals surface area contributed by atoms with Crippen molar-refractivity contribution in [2.45, 2.75) is 52.1 Å². The topological polar surface area (TPSA) is 64.2 Å². The van der Waals surface area contributed by atoms with Crippen LogP contribution in [0.2, 0.25) is 0 Å². The van der Waals surface area contributed by atoms with E-state index in [-0.39, 0.29) is 11.9 Å².